The molecule has 0 aliphatic carbocycles. The molecule has 1 aliphatic heterocycles. The van der Waals surface area contributed by atoms with Gasteiger partial charge >= 0.3 is 0 Å². The van der Waals surface area contributed by atoms with Crippen LogP contribution in [0.5, 0.6) is 0 Å². The van der Waals surface area contributed by atoms with E-state index in [0.29, 0.717) is 5.69 Å². The number of hydrogen-bond donors (Lipinski definition) is 1. The first-order valence-corrected chi connectivity index (χ1v) is 6.72. The molecule has 1 saturated heterocycles. The number of hydrogen-bond acceptors (Lipinski definition) is 3. The molecular weight excluding hydrogens is 240 g/mol. The van der Waals surface area contributed by atoms with Gasteiger partial charge in [0.1, 0.15) is 5.69 Å². The van der Waals surface area contributed by atoms with Crippen LogP contribution in [0.1, 0.15) is 30.3 Å². The van der Waals surface area contributed by atoms with Crippen LogP contribution in [0.4, 0.5) is 0 Å². The molecule has 1 N–H and O–H groups in total. The number of nitrogens with zero attached hydrogens (tertiary/aromatic N) is 3. The fourth-order valence-corrected chi connectivity index (χ4v) is 2.47. The van der Waals surface area contributed by atoms with Crippen LogP contribution in [0, 0.1) is 0 Å². The third kappa shape index (κ3) is 3.67. The van der Waals surface area contributed by atoms with Gasteiger partial charge in [0, 0.05) is 38.9 Å². The second-order valence-corrected chi connectivity index (χ2v) is 5.32. The first-order chi connectivity index (χ1) is 9.06. The van der Waals surface area contributed by atoms with Crippen molar-refractivity contribution >= 4 is 5.91 Å². The molecule has 0 radical (unpaired) electrons. The Morgan fingerprint density at radius 1 is 1.53 bits per heavy atom. The maximum absolute atomic E-state index is 12.1. The highest BCUT2D eigenvalue weighted by Gasteiger charge is 2.21. The molecule has 5 heteroatoms. The first kappa shape index (κ1) is 13.8. The van der Waals surface area contributed by atoms with E-state index in [9.17, 15) is 4.79 Å². The molecule has 19 heavy (non-hydrogen) atoms. The fourth-order valence-electron chi connectivity index (χ4n) is 2.47. The lowest BCUT2D eigenvalue weighted by atomic mass is 10.0. The Kier molecular flexibility index (Phi) is 4.37. The van der Waals surface area contributed by atoms with Gasteiger partial charge in [0.15, 0.2) is 0 Å². The molecule has 0 atom stereocenters. The zero-order valence-electron chi connectivity index (χ0n) is 11.7. The average molecular weight is 262 g/mol. The van der Waals surface area contributed by atoms with Crippen LogP contribution >= 0.6 is 0 Å². The summed E-state index contributed by atoms with van der Waals surface area (Å²) in [5.74, 6) is -0.0293. The van der Waals surface area contributed by atoms with Crippen LogP contribution in [0.3, 0.4) is 0 Å². The minimum atomic E-state index is -0.0293. The van der Waals surface area contributed by atoms with Crippen molar-refractivity contribution in [2.45, 2.75) is 25.8 Å². The zero-order chi connectivity index (χ0) is 13.8. The summed E-state index contributed by atoms with van der Waals surface area (Å²) in [6.07, 6.45) is 3.64. The van der Waals surface area contributed by atoms with E-state index in [4.69, 9.17) is 0 Å². The number of nitrogens with one attached hydrogen (secondary N) is 1. The van der Waals surface area contributed by atoms with E-state index in [1.54, 1.807) is 24.0 Å². The van der Waals surface area contributed by atoms with Gasteiger partial charge < -0.3 is 5.32 Å². The van der Waals surface area contributed by atoms with Gasteiger partial charge in [-0.1, -0.05) is 12.2 Å². The molecule has 0 saturated carbocycles. The van der Waals surface area contributed by atoms with Crippen molar-refractivity contribution in [3.05, 3.63) is 30.1 Å². The maximum Gasteiger partial charge on any atom is 0.269 e. The second kappa shape index (κ2) is 6.02. The molecule has 2 rings (SSSR count). The number of aryl methyl sites for hydroxylation is 1. The molecule has 2 heterocycles. The Morgan fingerprint density at radius 3 is 2.74 bits per heavy atom. The Morgan fingerprint density at radius 2 is 2.21 bits per heavy atom. The summed E-state index contributed by atoms with van der Waals surface area (Å²) in [5, 5.41) is 7.10. The average Bonchev–Trinajstić information content (AvgIpc) is 2.77. The Hall–Kier alpha value is -1.62. The lowest BCUT2D eigenvalue weighted by molar-refractivity contribution is 0.0904. The molecular formula is C14H22N4O. The normalized spacial score (nSPS) is 17.4. The van der Waals surface area contributed by atoms with E-state index in [2.05, 4.69) is 28.8 Å². The first-order valence-electron chi connectivity index (χ1n) is 6.72. The molecule has 1 aromatic rings. The predicted octanol–water partition coefficient (Wildman–Crippen LogP) is 1.19. The summed E-state index contributed by atoms with van der Waals surface area (Å²) in [5.41, 5.74) is 1.81. The Labute approximate surface area is 114 Å². The lowest BCUT2D eigenvalue weighted by Crippen LogP contribution is -2.45. The number of piperidine rings is 1. The highest BCUT2D eigenvalue weighted by Crippen LogP contribution is 2.12. The Balaban J connectivity index is 1.81. The predicted molar refractivity (Wildman–Crippen MR) is 75.0 cm³/mol. The molecule has 0 spiro atoms. The Bertz CT molecular complexity index is 458. The van der Waals surface area contributed by atoms with Crippen molar-refractivity contribution in [1.82, 2.24) is 20.0 Å². The number of carbonyl (C=O) groups excluding carboxylic acids is 1. The van der Waals surface area contributed by atoms with Gasteiger partial charge in [-0.15, -0.1) is 0 Å². The van der Waals surface area contributed by atoms with Gasteiger partial charge in [0.2, 0.25) is 0 Å². The highest BCUT2D eigenvalue weighted by molar-refractivity contribution is 5.92. The maximum atomic E-state index is 12.1. The topological polar surface area (TPSA) is 50.2 Å². The summed E-state index contributed by atoms with van der Waals surface area (Å²) in [7, 11) is 1.78. The largest absolute Gasteiger partial charge is 0.348 e. The quantitative estimate of drug-likeness (QED) is 0.829. The van der Waals surface area contributed by atoms with E-state index >= 15 is 0 Å². The van der Waals surface area contributed by atoms with Crippen LogP contribution in [0.25, 0.3) is 0 Å². The molecule has 1 fully saturated rings. The summed E-state index contributed by atoms with van der Waals surface area (Å²) < 4.78 is 1.60. The molecule has 1 aliphatic rings. The van der Waals surface area contributed by atoms with Crippen molar-refractivity contribution in [3.63, 3.8) is 0 Å². The molecule has 0 aromatic carbocycles. The molecule has 0 unspecified atom stereocenters. The number of amides is 1. The van der Waals surface area contributed by atoms with Crippen molar-refractivity contribution in [1.29, 1.82) is 0 Å². The summed E-state index contributed by atoms with van der Waals surface area (Å²) in [6.45, 7) is 8.99. The van der Waals surface area contributed by atoms with Crippen molar-refractivity contribution in [3.8, 4) is 0 Å². The van der Waals surface area contributed by atoms with Crippen LogP contribution in [0.15, 0.2) is 24.4 Å². The van der Waals surface area contributed by atoms with Gasteiger partial charge in [0.05, 0.1) is 0 Å². The van der Waals surface area contributed by atoms with Crippen LogP contribution in [-0.2, 0) is 7.05 Å². The second-order valence-electron chi connectivity index (χ2n) is 5.32. The lowest BCUT2D eigenvalue weighted by Gasteiger charge is -2.32. The minimum Gasteiger partial charge on any atom is -0.348 e. The third-order valence-electron chi connectivity index (χ3n) is 3.47. The molecule has 5 nitrogen and oxygen atoms in total. The van der Waals surface area contributed by atoms with Gasteiger partial charge in [0.25, 0.3) is 5.91 Å². The monoisotopic (exact) mass is 262 g/mol. The molecule has 0 bridgehead atoms. The van der Waals surface area contributed by atoms with E-state index < -0.39 is 0 Å². The molecule has 1 amide bonds. The van der Waals surface area contributed by atoms with E-state index in [1.807, 2.05) is 0 Å². The van der Waals surface area contributed by atoms with Crippen molar-refractivity contribution in [2.24, 2.45) is 7.05 Å². The molecule has 104 valence electrons. The van der Waals surface area contributed by atoms with Crippen LogP contribution in [-0.4, -0.2) is 46.3 Å². The van der Waals surface area contributed by atoms with Gasteiger partial charge in [-0.25, -0.2) is 0 Å². The van der Waals surface area contributed by atoms with Crippen LogP contribution < -0.4 is 5.32 Å². The highest BCUT2D eigenvalue weighted by atomic mass is 16.2. The zero-order valence-corrected chi connectivity index (χ0v) is 11.7. The van der Waals surface area contributed by atoms with Gasteiger partial charge in [-0.2, -0.15) is 5.10 Å². The van der Waals surface area contributed by atoms with Crippen LogP contribution in [0.2, 0.25) is 0 Å². The number of aromatic nitrogens is 2. The number of rotatable bonds is 4. The van der Waals surface area contributed by atoms with E-state index in [1.165, 1.54) is 5.57 Å². The number of carbonyl (C=O) groups is 1. The molecule has 1 aromatic heterocycles. The summed E-state index contributed by atoms with van der Waals surface area (Å²) in [4.78, 5) is 14.4. The van der Waals surface area contributed by atoms with Gasteiger partial charge in [-0.05, 0) is 25.8 Å². The summed E-state index contributed by atoms with van der Waals surface area (Å²) in [6, 6.07) is 2.01. The fraction of sp³-hybridized carbons (Fsp3) is 0.571. The van der Waals surface area contributed by atoms with Crippen molar-refractivity contribution < 1.29 is 4.79 Å². The summed E-state index contributed by atoms with van der Waals surface area (Å²) >= 11 is 0. The minimum absolute atomic E-state index is 0.0293. The van der Waals surface area contributed by atoms with E-state index in [-0.39, 0.29) is 11.9 Å². The van der Waals surface area contributed by atoms with Gasteiger partial charge in [-0.3, -0.25) is 14.4 Å². The van der Waals surface area contributed by atoms with E-state index in [0.717, 1.165) is 32.5 Å². The standard InChI is InChI=1S/C14H22N4O/c1-11(2)10-18-8-5-12(6-9-18)16-14(19)13-4-7-15-17(13)3/h4,7,12H,1,5-6,8-10H2,2-3H3,(H,16,19). The number of likely N-dealkylation sites (tertiary alicyclic amines) is 1. The third-order valence-corrected chi connectivity index (χ3v) is 3.47. The van der Waals surface area contributed by atoms with Crippen molar-refractivity contribution in [2.75, 3.05) is 19.6 Å². The SMILES string of the molecule is C=C(C)CN1CCC(NC(=O)c2ccnn2C)CC1. The smallest absolute Gasteiger partial charge is 0.269 e.